The Kier molecular flexibility index (Phi) is 4.68. The summed E-state index contributed by atoms with van der Waals surface area (Å²) in [4.78, 5) is 4.26. The smallest absolute Gasteiger partial charge is 0.243 e. The minimum Gasteiger partial charge on any atom is -0.396 e. The summed E-state index contributed by atoms with van der Waals surface area (Å²) in [7, 11) is 0. The molecule has 0 aliphatic carbocycles. The molecule has 2 rings (SSSR count). The zero-order valence-electron chi connectivity index (χ0n) is 11.0. The number of rotatable bonds is 7. The van der Waals surface area contributed by atoms with E-state index < -0.39 is 0 Å². The van der Waals surface area contributed by atoms with E-state index in [4.69, 9.17) is 5.11 Å². The molecular formula is C13H19FN4O. The summed E-state index contributed by atoms with van der Waals surface area (Å²) in [5, 5.41) is 16.3. The van der Waals surface area contributed by atoms with Gasteiger partial charge >= 0.3 is 0 Å². The van der Waals surface area contributed by atoms with Crippen LogP contribution in [-0.2, 0) is 0 Å². The Hall–Kier alpha value is -1.69. The third kappa shape index (κ3) is 3.64. The second-order valence-electron chi connectivity index (χ2n) is 4.63. The fraction of sp³-hybridized carbons (Fsp3) is 0.538. The lowest BCUT2D eigenvalue weighted by Gasteiger charge is -2.14. The third-order valence-corrected chi connectivity index (χ3v) is 3.08. The minimum absolute atomic E-state index is 0.191. The molecule has 0 saturated carbocycles. The molecule has 5 nitrogen and oxygen atoms in total. The Morgan fingerprint density at radius 2 is 2.26 bits per heavy atom. The van der Waals surface area contributed by atoms with Crippen molar-refractivity contribution in [2.45, 2.75) is 26.2 Å². The summed E-state index contributed by atoms with van der Waals surface area (Å²) in [6.45, 7) is 3.03. The first-order valence-corrected chi connectivity index (χ1v) is 6.59. The number of hydrogen-bond acceptors (Lipinski definition) is 4. The van der Waals surface area contributed by atoms with Gasteiger partial charge in [-0.25, -0.2) is 8.91 Å². The molecule has 0 aliphatic heterocycles. The normalized spacial score (nSPS) is 12.8. The summed E-state index contributed by atoms with van der Waals surface area (Å²) >= 11 is 0. The maximum absolute atomic E-state index is 13.0. The molecule has 1 atom stereocenters. The van der Waals surface area contributed by atoms with Crippen molar-refractivity contribution in [3.63, 3.8) is 0 Å². The fourth-order valence-electron chi connectivity index (χ4n) is 2.11. The molecule has 104 valence electrons. The molecule has 2 N–H and O–H groups in total. The lowest BCUT2D eigenvalue weighted by atomic mass is 10.0. The number of anilines is 1. The molecule has 2 aromatic rings. The number of nitrogens with one attached hydrogen (secondary N) is 1. The largest absolute Gasteiger partial charge is 0.396 e. The van der Waals surface area contributed by atoms with Crippen molar-refractivity contribution in [1.82, 2.24) is 14.6 Å². The molecule has 1 unspecified atom stereocenters. The van der Waals surface area contributed by atoms with E-state index in [2.05, 4.69) is 22.3 Å². The molecule has 0 saturated heterocycles. The van der Waals surface area contributed by atoms with Crippen LogP contribution in [0.4, 0.5) is 10.3 Å². The average molecular weight is 266 g/mol. The summed E-state index contributed by atoms with van der Waals surface area (Å²) in [6, 6.07) is 2.95. The first kappa shape index (κ1) is 13.7. The van der Waals surface area contributed by atoms with Gasteiger partial charge in [0.05, 0.1) is 6.20 Å². The third-order valence-electron chi connectivity index (χ3n) is 3.08. The zero-order chi connectivity index (χ0) is 13.7. The Bertz CT molecular complexity index is 522. The van der Waals surface area contributed by atoms with Gasteiger partial charge in [0.15, 0.2) is 5.65 Å². The SMILES string of the molecule is CCCC(CCO)CNc1nc2ccc(F)cn2n1. The minimum atomic E-state index is -0.340. The molecule has 2 aromatic heterocycles. The second-order valence-corrected chi connectivity index (χ2v) is 4.63. The number of aliphatic hydroxyl groups excluding tert-OH is 1. The van der Waals surface area contributed by atoms with Crippen LogP contribution >= 0.6 is 0 Å². The summed E-state index contributed by atoms with van der Waals surface area (Å²) in [6.07, 6.45) is 4.19. The standard InChI is InChI=1S/C13H19FN4O/c1-2-3-10(6-7-19)8-15-13-16-12-5-4-11(14)9-18(12)17-13/h4-5,9-10,19H,2-3,6-8H2,1H3,(H,15,17). The highest BCUT2D eigenvalue weighted by Crippen LogP contribution is 2.12. The number of nitrogens with zero attached hydrogens (tertiary/aromatic N) is 3. The number of hydrogen-bond donors (Lipinski definition) is 2. The van der Waals surface area contributed by atoms with Crippen LogP contribution < -0.4 is 5.32 Å². The quantitative estimate of drug-likeness (QED) is 0.805. The highest BCUT2D eigenvalue weighted by atomic mass is 19.1. The van der Waals surface area contributed by atoms with E-state index in [-0.39, 0.29) is 12.4 Å². The van der Waals surface area contributed by atoms with Crippen LogP contribution in [-0.4, -0.2) is 32.9 Å². The summed E-state index contributed by atoms with van der Waals surface area (Å²) < 4.78 is 14.4. The lowest BCUT2D eigenvalue weighted by Crippen LogP contribution is -2.16. The van der Waals surface area contributed by atoms with E-state index in [1.165, 1.54) is 16.8 Å². The maximum Gasteiger partial charge on any atom is 0.243 e. The van der Waals surface area contributed by atoms with Gasteiger partial charge in [-0.15, -0.1) is 5.10 Å². The Morgan fingerprint density at radius 3 is 3.00 bits per heavy atom. The van der Waals surface area contributed by atoms with Crippen molar-refractivity contribution in [1.29, 1.82) is 0 Å². The van der Waals surface area contributed by atoms with Crippen LogP contribution in [0.5, 0.6) is 0 Å². The fourth-order valence-corrected chi connectivity index (χ4v) is 2.11. The van der Waals surface area contributed by atoms with Gasteiger partial charge in [-0.2, -0.15) is 4.98 Å². The van der Waals surface area contributed by atoms with Crippen LogP contribution in [0.15, 0.2) is 18.3 Å². The molecule has 0 radical (unpaired) electrons. The highest BCUT2D eigenvalue weighted by Gasteiger charge is 2.09. The molecule has 0 aliphatic rings. The van der Waals surface area contributed by atoms with Crippen LogP contribution in [0, 0.1) is 11.7 Å². The van der Waals surface area contributed by atoms with Crippen molar-refractivity contribution in [3.8, 4) is 0 Å². The molecule has 0 bridgehead atoms. The van der Waals surface area contributed by atoms with E-state index in [1.807, 2.05) is 0 Å². The van der Waals surface area contributed by atoms with Crippen molar-refractivity contribution in [2.75, 3.05) is 18.5 Å². The van der Waals surface area contributed by atoms with Crippen molar-refractivity contribution < 1.29 is 9.50 Å². The molecule has 0 fully saturated rings. The number of aliphatic hydroxyl groups is 1. The van der Waals surface area contributed by atoms with Gasteiger partial charge in [-0.05, 0) is 30.9 Å². The average Bonchev–Trinajstić information content (AvgIpc) is 2.78. The van der Waals surface area contributed by atoms with Crippen LogP contribution in [0.25, 0.3) is 5.65 Å². The number of halogens is 1. The van der Waals surface area contributed by atoms with Crippen LogP contribution in [0.2, 0.25) is 0 Å². The van der Waals surface area contributed by atoms with Gasteiger partial charge in [0.2, 0.25) is 5.95 Å². The predicted molar refractivity (Wildman–Crippen MR) is 71.5 cm³/mol. The maximum atomic E-state index is 13.0. The van der Waals surface area contributed by atoms with Gasteiger partial charge in [0, 0.05) is 13.2 Å². The predicted octanol–water partition coefficient (Wildman–Crippen LogP) is 2.08. The molecule has 19 heavy (non-hydrogen) atoms. The van der Waals surface area contributed by atoms with Gasteiger partial charge in [0.25, 0.3) is 0 Å². The highest BCUT2D eigenvalue weighted by molar-refractivity contribution is 5.42. The zero-order valence-corrected chi connectivity index (χ0v) is 11.0. The lowest BCUT2D eigenvalue weighted by molar-refractivity contribution is 0.255. The topological polar surface area (TPSA) is 62.5 Å². The van der Waals surface area contributed by atoms with Gasteiger partial charge in [0.1, 0.15) is 5.82 Å². The summed E-state index contributed by atoms with van der Waals surface area (Å²) in [5.41, 5.74) is 0.609. The van der Waals surface area contributed by atoms with Crippen LogP contribution in [0.1, 0.15) is 26.2 Å². The summed E-state index contributed by atoms with van der Waals surface area (Å²) in [5.74, 6) is 0.552. The number of pyridine rings is 1. The Balaban J connectivity index is 2.00. The first-order chi connectivity index (χ1) is 9.22. The van der Waals surface area contributed by atoms with E-state index in [9.17, 15) is 4.39 Å². The molecule has 0 spiro atoms. The van der Waals surface area contributed by atoms with Crippen molar-refractivity contribution >= 4 is 11.6 Å². The first-order valence-electron chi connectivity index (χ1n) is 6.59. The molecule has 6 heteroatoms. The number of fused-ring (bicyclic) bond motifs is 1. The van der Waals surface area contributed by atoms with Crippen LogP contribution in [0.3, 0.4) is 0 Å². The number of aromatic nitrogens is 3. The molecule has 0 amide bonds. The van der Waals surface area contributed by atoms with Gasteiger partial charge in [-0.1, -0.05) is 13.3 Å². The Labute approximate surface area is 111 Å². The van der Waals surface area contributed by atoms with Gasteiger partial charge < -0.3 is 10.4 Å². The van der Waals surface area contributed by atoms with Crippen molar-refractivity contribution in [3.05, 3.63) is 24.1 Å². The molecule has 0 aromatic carbocycles. The van der Waals surface area contributed by atoms with E-state index in [1.54, 1.807) is 6.07 Å². The second kappa shape index (κ2) is 6.47. The van der Waals surface area contributed by atoms with E-state index in [0.717, 1.165) is 19.3 Å². The van der Waals surface area contributed by atoms with Crippen molar-refractivity contribution in [2.24, 2.45) is 5.92 Å². The Morgan fingerprint density at radius 1 is 1.42 bits per heavy atom. The van der Waals surface area contributed by atoms with E-state index in [0.29, 0.717) is 24.1 Å². The van der Waals surface area contributed by atoms with Gasteiger partial charge in [-0.3, -0.25) is 0 Å². The molecular weight excluding hydrogens is 247 g/mol. The van der Waals surface area contributed by atoms with E-state index >= 15 is 0 Å². The monoisotopic (exact) mass is 266 g/mol. The molecule has 2 heterocycles.